The van der Waals surface area contributed by atoms with Crippen LogP contribution in [0.2, 0.25) is 0 Å². The molecule has 4 heteroatoms. The van der Waals surface area contributed by atoms with Gasteiger partial charge in [-0.2, -0.15) is 0 Å². The van der Waals surface area contributed by atoms with E-state index in [1.165, 1.54) is 26.7 Å². The van der Waals surface area contributed by atoms with Gasteiger partial charge in [-0.15, -0.1) is 0 Å². The molecule has 0 radical (unpaired) electrons. The van der Waals surface area contributed by atoms with Crippen LogP contribution in [0.5, 0.6) is 0 Å². The predicted molar refractivity (Wildman–Crippen MR) is 105 cm³/mol. The van der Waals surface area contributed by atoms with E-state index in [9.17, 15) is 0 Å². The molecule has 6 rings (SSSR count). The van der Waals surface area contributed by atoms with Gasteiger partial charge in [0.25, 0.3) is 0 Å². The normalized spacial score (nSPS) is 12.0. The number of benzene rings is 3. The smallest absolute Gasteiger partial charge is 0.197 e. The van der Waals surface area contributed by atoms with Crippen LogP contribution in [0.4, 0.5) is 0 Å². The number of aromatic nitrogens is 3. The Morgan fingerprint density at radius 2 is 1.68 bits per heavy atom. The van der Waals surface area contributed by atoms with Crippen LogP contribution in [0.3, 0.4) is 0 Å². The predicted octanol–water partition coefficient (Wildman–Crippen LogP) is 5.85. The van der Waals surface area contributed by atoms with Crippen LogP contribution in [-0.4, -0.2) is 14.4 Å². The summed E-state index contributed by atoms with van der Waals surface area (Å²) in [6.45, 7) is 0. The highest BCUT2D eigenvalue weighted by molar-refractivity contribution is 7.23. The molecule has 0 saturated carbocycles. The fraction of sp³-hybridized carbons (Fsp3) is 0. The van der Waals surface area contributed by atoms with E-state index in [0.29, 0.717) is 0 Å². The average molecular weight is 339 g/mol. The standard InChI is InChI=1S/C21H13N3S/c1-2-6-13(7-3-1)14-10-11-17-18(12-14)25-21-23-19-15-8-4-5-9-16(15)22-20(19)24(17)21/h1-12,22H. The minimum absolute atomic E-state index is 1.03. The van der Waals surface area contributed by atoms with Crippen molar-refractivity contribution in [1.82, 2.24) is 14.4 Å². The lowest BCUT2D eigenvalue weighted by Crippen LogP contribution is -1.82. The quantitative estimate of drug-likeness (QED) is 0.400. The largest absolute Gasteiger partial charge is 0.339 e. The molecule has 1 N–H and O–H groups in total. The minimum atomic E-state index is 1.03. The zero-order valence-corrected chi connectivity index (χ0v) is 14.0. The number of hydrogen-bond donors (Lipinski definition) is 1. The Hall–Kier alpha value is -3.11. The highest BCUT2D eigenvalue weighted by Crippen LogP contribution is 2.35. The SMILES string of the molecule is c1ccc(-c2ccc3c(c2)sc2nc4c5ccccc5[nH]c4n23)cc1. The molecule has 0 aliphatic rings. The number of nitrogens with zero attached hydrogens (tertiary/aromatic N) is 2. The van der Waals surface area contributed by atoms with Crippen molar-refractivity contribution in [1.29, 1.82) is 0 Å². The van der Waals surface area contributed by atoms with Crippen molar-refractivity contribution >= 4 is 48.6 Å². The number of thiazole rings is 1. The van der Waals surface area contributed by atoms with E-state index < -0.39 is 0 Å². The number of hydrogen-bond acceptors (Lipinski definition) is 2. The molecule has 3 nitrogen and oxygen atoms in total. The molecule has 0 atom stereocenters. The van der Waals surface area contributed by atoms with Crippen molar-refractivity contribution in [3.8, 4) is 11.1 Å². The molecule has 118 valence electrons. The summed E-state index contributed by atoms with van der Waals surface area (Å²) in [7, 11) is 0. The second-order valence-electron chi connectivity index (χ2n) is 6.25. The van der Waals surface area contributed by atoms with Crippen molar-refractivity contribution in [2.45, 2.75) is 0 Å². The van der Waals surface area contributed by atoms with E-state index in [-0.39, 0.29) is 0 Å². The van der Waals surface area contributed by atoms with E-state index in [4.69, 9.17) is 4.98 Å². The molecule has 0 unspecified atom stereocenters. The van der Waals surface area contributed by atoms with Gasteiger partial charge >= 0.3 is 0 Å². The number of fused-ring (bicyclic) bond motifs is 7. The summed E-state index contributed by atoms with van der Waals surface area (Å²) in [5.41, 5.74) is 6.95. The highest BCUT2D eigenvalue weighted by atomic mass is 32.1. The maximum absolute atomic E-state index is 4.89. The third-order valence-corrected chi connectivity index (χ3v) is 5.79. The van der Waals surface area contributed by atoms with Gasteiger partial charge in [-0.05, 0) is 29.3 Å². The van der Waals surface area contributed by atoms with Crippen LogP contribution in [0, 0.1) is 0 Å². The van der Waals surface area contributed by atoms with E-state index >= 15 is 0 Å². The monoisotopic (exact) mass is 339 g/mol. The molecule has 25 heavy (non-hydrogen) atoms. The van der Waals surface area contributed by atoms with Gasteiger partial charge in [0.15, 0.2) is 4.96 Å². The Balaban J connectivity index is 1.68. The first-order valence-corrected chi connectivity index (χ1v) is 9.07. The molecular formula is C21H13N3S. The lowest BCUT2D eigenvalue weighted by Gasteiger charge is -2.01. The van der Waals surface area contributed by atoms with E-state index in [2.05, 4.69) is 76.1 Å². The summed E-state index contributed by atoms with van der Waals surface area (Å²) in [5, 5.41) is 1.18. The second-order valence-corrected chi connectivity index (χ2v) is 7.26. The van der Waals surface area contributed by atoms with Crippen LogP contribution in [0.1, 0.15) is 0 Å². The molecule has 0 amide bonds. The first-order valence-electron chi connectivity index (χ1n) is 8.25. The molecule has 0 spiro atoms. The van der Waals surface area contributed by atoms with Crippen LogP contribution < -0.4 is 0 Å². The zero-order valence-electron chi connectivity index (χ0n) is 13.2. The topological polar surface area (TPSA) is 33.1 Å². The fourth-order valence-electron chi connectivity index (χ4n) is 3.61. The summed E-state index contributed by atoms with van der Waals surface area (Å²) in [6, 6.07) is 25.5. The number of rotatable bonds is 1. The van der Waals surface area contributed by atoms with Gasteiger partial charge < -0.3 is 4.98 Å². The lowest BCUT2D eigenvalue weighted by molar-refractivity contribution is 1.29. The maximum atomic E-state index is 4.89. The van der Waals surface area contributed by atoms with E-state index in [1.54, 1.807) is 11.3 Å². The molecule has 0 saturated heterocycles. The summed E-state index contributed by atoms with van der Waals surface area (Å²) >= 11 is 1.74. The van der Waals surface area contributed by atoms with E-state index in [1.807, 2.05) is 6.07 Å². The molecule has 3 aromatic heterocycles. The van der Waals surface area contributed by atoms with Crippen molar-refractivity contribution in [3.63, 3.8) is 0 Å². The van der Waals surface area contributed by atoms with Crippen molar-refractivity contribution in [3.05, 3.63) is 72.8 Å². The molecule has 0 bridgehead atoms. The van der Waals surface area contributed by atoms with E-state index in [0.717, 1.165) is 21.6 Å². The van der Waals surface area contributed by atoms with Gasteiger partial charge in [0.05, 0.1) is 10.2 Å². The lowest BCUT2D eigenvalue weighted by atomic mass is 10.1. The molecular weight excluding hydrogens is 326 g/mol. The molecule has 0 aliphatic heterocycles. The number of imidazole rings is 1. The molecule has 3 heterocycles. The summed E-state index contributed by atoms with van der Waals surface area (Å²) < 4.78 is 3.49. The van der Waals surface area contributed by atoms with Crippen molar-refractivity contribution < 1.29 is 0 Å². The van der Waals surface area contributed by atoms with Crippen molar-refractivity contribution in [2.24, 2.45) is 0 Å². The summed E-state index contributed by atoms with van der Waals surface area (Å²) in [4.78, 5) is 9.46. The number of aromatic amines is 1. The number of nitrogens with one attached hydrogen (secondary N) is 1. The zero-order chi connectivity index (χ0) is 16.4. The molecule has 0 aliphatic carbocycles. The molecule has 3 aromatic carbocycles. The van der Waals surface area contributed by atoms with Crippen molar-refractivity contribution in [2.75, 3.05) is 0 Å². The Bertz CT molecular complexity index is 1390. The molecule has 6 aromatic rings. The van der Waals surface area contributed by atoms with Gasteiger partial charge in [-0.1, -0.05) is 65.9 Å². The fourth-order valence-corrected chi connectivity index (χ4v) is 4.67. The summed E-state index contributed by atoms with van der Waals surface area (Å²) in [6.07, 6.45) is 0. The van der Waals surface area contributed by atoms with Crippen LogP contribution >= 0.6 is 11.3 Å². The molecule has 0 fully saturated rings. The van der Waals surface area contributed by atoms with Gasteiger partial charge in [0.1, 0.15) is 11.2 Å². The maximum Gasteiger partial charge on any atom is 0.197 e. The highest BCUT2D eigenvalue weighted by Gasteiger charge is 2.15. The van der Waals surface area contributed by atoms with Gasteiger partial charge in [0.2, 0.25) is 0 Å². The third-order valence-electron chi connectivity index (χ3n) is 4.79. The first-order chi connectivity index (χ1) is 12.4. The van der Waals surface area contributed by atoms with Crippen LogP contribution in [0.15, 0.2) is 72.8 Å². The van der Waals surface area contributed by atoms with Gasteiger partial charge in [0, 0.05) is 10.9 Å². The Labute approximate surface area is 147 Å². The Morgan fingerprint density at radius 3 is 2.60 bits per heavy atom. The minimum Gasteiger partial charge on any atom is -0.339 e. The van der Waals surface area contributed by atoms with Crippen LogP contribution in [0.25, 0.3) is 48.4 Å². The second kappa shape index (κ2) is 4.71. The number of para-hydroxylation sites is 1. The Kier molecular flexibility index (Phi) is 2.49. The number of H-pyrrole nitrogens is 1. The van der Waals surface area contributed by atoms with Crippen LogP contribution in [-0.2, 0) is 0 Å². The summed E-state index contributed by atoms with van der Waals surface area (Å²) in [5.74, 6) is 0. The first kappa shape index (κ1) is 13.2. The average Bonchev–Trinajstić information content (AvgIpc) is 3.29. The van der Waals surface area contributed by atoms with Gasteiger partial charge in [-0.3, -0.25) is 4.40 Å². The van der Waals surface area contributed by atoms with Gasteiger partial charge in [-0.25, -0.2) is 4.98 Å². The Morgan fingerprint density at radius 1 is 0.840 bits per heavy atom. The third kappa shape index (κ3) is 1.77.